The molecular formula is C24H24O3S. The van der Waals surface area contributed by atoms with E-state index in [-0.39, 0.29) is 23.3 Å². The number of ether oxygens (including phenoxy) is 1. The van der Waals surface area contributed by atoms with Crippen molar-refractivity contribution in [3.8, 4) is 0 Å². The quantitative estimate of drug-likeness (QED) is 0.485. The maximum atomic E-state index is 13.2. The Bertz CT molecular complexity index is 995. The van der Waals surface area contributed by atoms with Crippen LogP contribution < -0.4 is 0 Å². The predicted molar refractivity (Wildman–Crippen MR) is 104 cm³/mol. The normalized spacial score (nSPS) is 54.0. The Balaban J connectivity index is 1.45. The van der Waals surface area contributed by atoms with Gasteiger partial charge >= 0.3 is 11.9 Å². The fourth-order valence-corrected chi connectivity index (χ4v) is 11.6. The van der Waals surface area contributed by atoms with Crippen molar-refractivity contribution in [3.05, 3.63) is 27.5 Å². The van der Waals surface area contributed by atoms with E-state index in [0.29, 0.717) is 17.4 Å². The number of carbonyl (C=O) groups excluding carboxylic acids is 2. The van der Waals surface area contributed by atoms with E-state index < -0.39 is 0 Å². The lowest BCUT2D eigenvalue weighted by atomic mass is 9.28. The monoisotopic (exact) mass is 392 g/mol. The van der Waals surface area contributed by atoms with Gasteiger partial charge in [0.25, 0.3) is 0 Å². The van der Waals surface area contributed by atoms with Gasteiger partial charge in [0.05, 0.1) is 5.57 Å². The predicted octanol–water partition coefficient (Wildman–Crippen LogP) is 4.42. The molecule has 10 rings (SSSR count). The van der Waals surface area contributed by atoms with Crippen LogP contribution >= 0.6 is 11.3 Å². The first-order valence-electron chi connectivity index (χ1n) is 11.2. The minimum Gasteiger partial charge on any atom is -0.389 e. The van der Waals surface area contributed by atoms with Gasteiger partial charge in [0.2, 0.25) is 0 Å². The van der Waals surface area contributed by atoms with Gasteiger partial charge < -0.3 is 4.74 Å². The fraction of sp³-hybridized carbons (Fsp3) is 0.667. The number of thiophene rings is 1. The molecule has 1 spiro atoms. The molecular weight excluding hydrogens is 368 g/mol. The summed E-state index contributed by atoms with van der Waals surface area (Å²) in [4.78, 5) is 27.4. The van der Waals surface area contributed by atoms with Crippen molar-refractivity contribution in [2.75, 3.05) is 0 Å². The SMILES string of the molecule is CC1=C2C(=O)OC(=O)[C@@H]2[C@@]2(c3sccc31)C1CC3C4CC5CC3[C@H](C1)C(C5)C42. The highest BCUT2D eigenvalue weighted by atomic mass is 32.1. The van der Waals surface area contributed by atoms with Gasteiger partial charge in [0, 0.05) is 10.3 Å². The number of hydrogen-bond donors (Lipinski definition) is 0. The molecule has 2 heterocycles. The van der Waals surface area contributed by atoms with E-state index in [9.17, 15) is 9.59 Å². The van der Waals surface area contributed by atoms with Crippen LogP contribution in [-0.2, 0) is 19.7 Å². The Morgan fingerprint density at radius 1 is 1.00 bits per heavy atom. The van der Waals surface area contributed by atoms with Gasteiger partial charge in [-0.05, 0) is 109 Å². The summed E-state index contributed by atoms with van der Waals surface area (Å²) in [6, 6.07) is 2.20. The van der Waals surface area contributed by atoms with Crippen LogP contribution in [0.25, 0.3) is 5.57 Å². The number of cyclic esters (lactones) is 2. The molecule has 0 N–H and O–H groups in total. The Labute approximate surface area is 168 Å². The number of carbonyl (C=O) groups is 2. The van der Waals surface area contributed by atoms with E-state index in [2.05, 4.69) is 11.4 Å². The molecule has 7 saturated carbocycles. The summed E-state index contributed by atoms with van der Waals surface area (Å²) in [6.45, 7) is 2.03. The van der Waals surface area contributed by atoms with Crippen LogP contribution in [-0.4, -0.2) is 11.9 Å². The van der Waals surface area contributed by atoms with E-state index in [0.717, 1.165) is 41.1 Å². The summed E-state index contributed by atoms with van der Waals surface area (Å²) in [7, 11) is 0. The first-order valence-corrected chi connectivity index (χ1v) is 12.0. The molecule has 144 valence electrons. The highest BCUT2D eigenvalue weighted by Gasteiger charge is 2.76. The molecule has 8 bridgehead atoms. The van der Waals surface area contributed by atoms with Crippen molar-refractivity contribution >= 4 is 28.8 Å². The number of esters is 2. The lowest BCUT2D eigenvalue weighted by molar-refractivity contribution is -0.248. The van der Waals surface area contributed by atoms with Crippen molar-refractivity contribution in [2.45, 2.75) is 44.4 Å². The molecule has 7 unspecified atom stereocenters. The first-order chi connectivity index (χ1) is 13.6. The summed E-state index contributed by atoms with van der Waals surface area (Å²) < 4.78 is 5.33. The van der Waals surface area contributed by atoms with Crippen LogP contribution in [0.5, 0.6) is 0 Å². The zero-order valence-electron chi connectivity index (χ0n) is 16.0. The Morgan fingerprint density at radius 3 is 2.43 bits per heavy atom. The molecule has 0 aromatic carbocycles. The molecule has 1 aliphatic heterocycles. The van der Waals surface area contributed by atoms with Gasteiger partial charge in [0.15, 0.2) is 0 Å². The molecule has 8 aliphatic carbocycles. The minimum absolute atomic E-state index is 0.156. The topological polar surface area (TPSA) is 43.4 Å². The third-order valence-corrected chi connectivity index (χ3v) is 11.6. The van der Waals surface area contributed by atoms with Gasteiger partial charge in [-0.1, -0.05) is 0 Å². The van der Waals surface area contributed by atoms with Crippen LogP contribution in [0.4, 0.5) is 0 Å². The maximum Gasteiger partial charge on any atom is 0.342 e. The average Bonchev–Trinajstić information content (AvgIpc) is 3.29. The summed E-state index contributed by atoms with van der Waals surface area (Å²) in [5.41, 5.74) is 2.81. The first kappa shape index (κ1) is 15.4. The number of fused-ring (bicyclic) bond motifs is 2. The third kappa shape index (κ3) is 1.35. The molecule has 8 fully saturated rings. The smallest absolute Gasteiger partial charge is 0.342 e. The third-order valence-electron chi connectivity index (χ3n) is 10.6. The Morgan fingerprint density at radius 2 is 1.68 bits per heavy atom. The zero-order valence-corrected chi connectivity index (χ0v) is 16.8. The van der Waals surface area contributed by atoms with E-state index in [4.69, 9.17) is 4.74 Å². The molecule has 4 heteroatoms. The zero-order chi connectivity index (χ0) is 18.5. The highest BCUT2D eigenvalue weighted by Crippen LogP contribution is 2.79. The second-order valence-electron chi connectivity index (χ2n) is 10.9. The Hall–Kier alpha value is -1.42. The lowest BCUT2D eigenvalue weighted by Crippen LogP contribution is -2.72. The lowest BCUT2D eigenvalue weighted by Gasteiger charge is -2.76. The van der Waals surface area contributed by atoms with E-state index in [1.54, 1.807) is 0 Å². The number of rotatable bonds is 0. The van der Waals surface area contributed by atoms with Crippen molar-refractivity contribution in [2.24, 2.45) is 53.3 Å². The Kier molecular flexibility index (Phi) is 2.48. The van der Waals surface area contributed by atoms with E-state index in [1.807, 2.05) is 18.3 Å². The highest BCUT2D eigenvalue weighted by molar-refractivity contribution is 7.10. The van der Waals surface area contributed by atoms with E-state index in [1.165, 1.54) is 42.5 Å². The number of allylic oxidation sites excluding steroid dienone is 1. The summed E-state index contributed by atoms with van der Waals surface area (Å²) in [5, 5.41) is 2.20. The minimum atomic E-state index is -0.356. The van der Waals surface area contributed by atoms with Crippen LogP contribution in [0.3, 0.4) is 0 Å². The van der Waals surface area contributed by atoms with Gasteiger partial charge in [-0.3, -0.25) is 4.79 Å². The molecule has 28 heavy (non-hydrogen) atoms. The van der Waals surface area contributed by atoms with Gasteiger partial charge in [-0.15, -0.1) is 11.3 Å². The van der Waals surface area contributed by atoms with Gasteiger partial charge in [0.1, 0.15) is 5.92 Å². The van der Waals surface area contributed by atoms with Crippen LogP contribution in [0.1, 0.15) is 49.5 Å². The van der Waals surface area contributed by atoms with Gasteiger partial charge in [-0.25, -0.2) is 4.79 Å². The van der Waals surface area contributed by atoms with Crippen molar-refractivity contribution in [1.82, 2.24) is 0 Å². The molecule has 10 atom stereocenters. The second kappa shape index (κ2) is 4.50. The van der Waals surface area contributed by atoms with Crippen LogP contribution in [0.15, 0.2) is 17.0 Å². The van der Waals surface area contributed by atoms with E-state index >= 15 is 0 Å². The fourth-order valence-electron chi connectivity index (χ4n) is 10.3. The van der Waals surface area contributed by atoms with Crippen molar-refractivity contribution in [3.63, 3.8) is 0 Å². The molecule has 0 radical (unpaired) electrons. The van der Waals surface area contributed by atoms with Crippen LogP contribution in [0, 0.1) is 53.3 Å². The molecule has 1 aromatic rings. The molecule has 1 saturated heterocycles. The molecule has 3 nitrogen and oxygen atoms in total. The largest absolute Gasteiger partial charge is 0.389 e. The average molecular weight is 393 g/mol. The van der Waals surface area contributed by atoms with Crippen molar-refractivity contribution < 1.29 is 14.3 Å². The summed E-state index contributed by atoms with van der Waals surface area (Å²) in [6.07, 6.45) is 6.79. The van der Waals surface area contributed by atoms with Gasteiger partial charge in [-0.2, -0.15) is 0 Å². The van der Waals surface area contributed by atoms with Crippen LogP contribution in [0.2, 0.25) is 0 Å². The molecule has 1 aromatic heterocycles. The second-order valence-corrected chi connectivity index (χ2v) is 11.8. The standard InChI is InChI=1S/C24H24O3S/c1-9-12-2-3-28-21(12)24(20-18(9)22(25)27-23(20)26)11-7-14-13-4-10-5-16(14)19(24)17(6-10)15(13)8-11/h2-3,10-11,13-17,19-20H,4-8H2,1H3/t10?,11?,13?,14-,15?,16?,17?,19?,20+,24+/m0/s1. The maximum absolute atomic E-state index is 13.2. The molecule has 9 aliphatic rings. The number of hydrogen-bond acceptors (Lipinski definition) is 4. The van der Waals surface area contributed by atoms with Crippen molar-refractivity contribution in [1.29, 1.82) is 0 Å². The summed E-state index contributed by atoms with van der Waals surface area (Å²) >= 11 is 1.86. The summed E-state index contributed by atoms with van der Waals surface area (Å²) in [5.74, 6) is 5.42. The molecule has 0 amide bonds.